The van der Waals surface area contributed by atoms with E-state index in [1.54, 1.807) is 31.5 Å². The minimum Gasteiger partial charge on any atom is -0.497 e. The van der Waals surface area contributed by atoms with E-state index in [1.165, 1.54) is 35.6 Å². The van der Waals surface area contributed by atoms with Crippen LogP contribution in [0.25, 0.3) is 11.1 Å². The quantitative estimate of drug-likeness (QED) is 0.242. The number of methoxy groups -OCH3 is 1. The number of rotatable bonds is 10. The summed E-state index contributed by atoms with van der Waals surface area (Å²) in [6.07, 6.45) is -0.0449. The van der Waals surface area contributed by atoms with Crippen LogP contribution in [0.1, 0.15) is 34.1 Å². The van der Waals surface area contributed by atoms with Crippen molar-refractivity contribution in [1.29, 1.82) is 0 Å². The molecule has 3 aromatic rings. The van der Waals surface area contributed by atoms with Crippen LogP contribution in [0.3, 0.4) is 0 Å². The second kappa shape index (κ2) is 11.7. The Labute approximate surface area is 205 Å². The number of carbonyl (C=O) groups excluding carboxylic acids is 3. The molecule has 2 aromatic carbocycles. The number of carbonyl (C=O) groups is 3. The first-order chi connectivity index (χ1) is 16.8. The monoisotopic (exact) mass is 497 g/mol. The fraction of sp³-hybridized carbons (Fsp3) is 0.208. The molecule has 1 heterocycles. The SMILES string of the molecule is CCOC(=O)c1c(-c2ccc(OC)cc2)csc1NC(=O)CCNC(=O)c1ccc([N+](=O)[O-])cc1. The lowest BCUT2D eigenvalue weighted by atomic mass is 10.0. The number of ether oxygens (including phenoxy) is 2. The summed E-state index contributed by atoms with van der Waals surface area (Å²) in [6, 6.07) is 12.3. The molecule has 0 radical (unpaired) electrons. The maximum absolute atomic E-state index is 12.7. The largest absolute Gasteiger partial charge is 0.497 e. The molecule has 0 aliphatic carbocycles. The van der Waals surface area contributed by atoms with Crippen molar-refractivity contribution < 1.29 is 28.8 Å². The number of nitro benzene ring substituents is 1. The van der Waals surface area contributed by atoms with Crippen LogP contribution in [0.4, 0.5) is 10.7 Å². The van der Waals surface area contributed by atoms with Gasteiger partial charge in [-0.05, 0) is 36.8 Å². The topological polar surface area (TPSA) is 137 Å². The zero-order valence-electron chi connectivity index (χ0n) is 19.0. The fourth-order valence-electron chi connectivity index (χ4n) is 3.15. The summed E-state index contributed by atoms with van der Waals surface area (Å²) < 4.78 is 10.4. The van der Waals surface area contributed by atoms with Gasteiger partial charge in [0.1, 0.15) is 16.3 Å². The molecule has 0 atom stereocenters. The molecule has 2 amide bonds. The minimum atomic E-state index is -0.554. The average Bonchev–Trinajstić information content (AvgIpc) is 3.27. The third-order valence-electron chi connectivity index (χ3n) is 4.90. The molecule has 0 unspecified atom stereocenters. The van der Waals surface area contributed by atoms with E-state index in [4.69, 9.17) is 9.47 Å². The number of nitrogens with zero attached hydrogens (tertiary/aromatic N) is 1. The molecule has 35 heavy (non-hydrogen) atoms. The second-order valence-electron chi connectivity index (χ2n) is 7.16. The van der Waals surface area contributed by atoms with E-state index in [1.807, 2.05) is 12.1 Å². The molecule has 11 heteroatoms. The summed E-state index contributed by atoms with van der Waals surface area (Å²) in [7, 11) is 1.56. The number of thiophene rings is 1. The molecule has 3 rings (SSSR count). The van der Waals surface area contributed by atoms with Gasteiger partial charge in [0.05, 0.1) is 18.6 Å². The van der Waals surface area contributed by atoms with E-state index < -0.39 is 22.7 Å². The molecule has 0 spiro atoms. The minimum absolute atomic E-state index is 0.0348. The summed E-state index contributed by atoms with van der Waals surface area (Å²) in [4.78, 5) is 47.5. The maximum Gasteiger partial charge on any atom is 0.341 e. The van der Waals surface area contributed by atoms with E-state index in [9.17, 15) is 24.5 Å². The van der Waals surface area contributed by atoms with Crippen LogP contribution >= 0.6 is 11.3 Å². The highest BCUT2D eigenvalue weighted by Gasteiger charge is 2.23. The first-order valence-electron chi connectivity index (χ1n) is 10.6. The predicted octanol–water partition coefficient (Wildman–Crippen LogP) is 4.27. The lowest BCUT2D eigenvalue weighted by Gasteiger charge is -2.10. The van der Waals surface area contributed by atoms with Crippen molar-refractivity contribution in [2.75, 3.05) is 25.6 Å². The Morgan fingerprint density at radius 3 is 2.34 bits per heavy atom. The fourth-order valence-corrected chi connectivity index (χ4v) is 4.13. The number of hydrogen-bond donors (Lipinski definition) is 2. The van der Waals surface area contributed by atoms with Crippen molar-refractivity contribution in [3.8, 4) is 16.9 Å². The number of non-ortho nitro benzene ring substituents is 1. The van der Waals surface area contributed by atoms with E-state index in [0.29, 0.717) is 16.3 Å². The van der Waals surface area contributed by atoms with Crippen LogP contribution in [0.2, 0.25) is 0 Å². The van der Waals surface area contributed by atoms with Gasteiger partial charge in [0.15, 0.2) is 0 Å². The first kappa shape index (κ1) is 25.4. The van der Waals surface area contributed by atoms with Crippen molar-refractivity contribution in [3.05, 3.63) is 75.2 Å². The standard InChI is InChI=1S/C24H23N3O7S/c1-3-34-24(30)21-19(15-6-10-18(33-2)11-7-15)14-35-23(21)26-20(28)12-13-25-22(29)16-4-8-17(9-5-16)27(31)32/h4-11,14H,3,12-13H2,1-2H3,(H,25,29)(H,26,28). The number of anilines is 1. The van der Waals surface area contributed by atoms with Crippen LogP contribution in [0, 0.1) is 10.1 Å². The summed E-state index contributed by atoms with van der Waals surface area (Å²) in [5.41, 5.74) is 1.76. The Balaban J connectivity index is 1.65. The van der Waals surface area contributed by atoms with Gasteiger partial charge in [-0.1, -0.05) is 12.1 Å². The van der Waals surface area contributed by atoms with Crippen LogP contribution in [0.5, 0.6) is 5.75 Å². The molecule has 0 aliphatic heterocycles. The van der Waals surface area contributed by atoms with Gasteiger partial charge in [0.2, 0.25) is 5.91 Å². The zero-order valence-corrected chi connectivity index (χ0v) is 19.8. The molecule has 0 saturated carbocycles. The highest BCUT2D eigenvalue weighted by atomic mass is 32.1. The Hall–Kier alpha value is -4.25. The van der Waals surface area contributed by atoms with Crippen molar-refractivity contribution in [2.45, 2.75) is 13.3 Å². The van der Waals surface area contributed by atoms with Crippen LogP contribution in [0.15, 0.2) is 53.9 Å². The van der Waals surface area contributed by atoms with Crippen molar-refractivity contribution in [3.63, 3.8) is 0 Å². The third-order valence-corrected chi connectivity index (χ3v) is 5.80. The zero-order chi connectivity index (χ0) is 25.4. The molecular weight excluding hydrogens is 474 g/mol. The summed E-state index contributed by atoms with van der Waals surface area (Å²) >= 11 is 1.20. The highest BCUT2D eigenvalue weighted by molar-refractivity contribution is 7.15. The smallest absolute Gasteiger partial charge is 0.341 e. The van der Waals surface area contributed by atoms with Gasteiger partial charge in [0, 0.05) is 41.6 Å². The van der Waals surface area contributed by atoms with Crippen LogP contribution in [-0.4, -0.2) is 43.0 Å². The molecule has 0 aliphatic rings. The molecule has 2 N–H and O–H groups in total. The Morgan fingerprint density at radius 1 is 1.06 bits per heavy atom. The van der Waals surface area contributed by atoms with Gasteiger partial charge in [-0.25, -0.2) is 4.79 Å². The molecule has 0 bridgehead atoms. The lowest BCUT2D eigenvalue weighted by molar-refractivity contribution is -0.384. The third kappa shape index (κ3) is 6.42. The Bertz CT molecular complexity index is 1220. The van der Waals surface area contributed by atoms with Crippen LogP contribution < -0.4 is 15.4 Å². The van der Waals surface area contributed by atoms with E-state index in [2.05, 4.69) is 10.6 Å². The van der Waals surface area contributed by atoms with Crippen molar-refractivity contribution >= 4 is 39.8 Å². The molecule has 0 fully saturated rings. The predicted molar refractivity (Wildman–Crippen MR) is 131 cm³/mol. The Morgan fingerprint density at radius 2 is 1.74 bits per heavy atom. The number of nitro groups is 1. The van der Waals surface area contributed by atoms with Crippen molar-refractivity contribution in [2.24, 2.45) is 0 Å². The van der Waals surface area contributed by atoms with Gasteiger partial charge in [-0.15, -0.1) is 11.3 Å². The lowest BCUT2D eigenvalue weighted by Crippen LogP contribution is -2.27. The number of hydrogen-bond acceptors (Lipinski definition) is 8. The highest BCUT2D eigenvalue weighted by Crippen LogP contribution is 2.37. The van der Waals surface area contributed by atoms with Gasteiger partial charge < -0.3 is 20.1 Å². The Kier molecular flexibility index (Phi) is 8.52. The van der Waals surface area contributed by atoms with Gasteiger partial charge in [0.25, 0.3) is 11.6 Å². The average molecular weight is 498 g/mol. The molecule has 1 aromatic heterocycles. The molecule has 182 valence electrons. The molecule has 0 saturated heterocycles. The molecule has 10 nitrogen and oxygen atoms in total. The second-order valence-corrected chi connectivity index (χ2v) is 8.04. The van der Waals surface area contributed by atoms with E-state index >= 15 is 0 Å². The van der Waals surface area contributed by atoms with Gasteiger partial charge in [-0.3, -0.25) is 19.7 Å². The van der Waals surface area contributed by atoms with Crippen molar-refractivity contribution in [1.82, 2.24) is 5.32 Å². The van der Waals surface area contributed by atoms with Crippen LogP contribution in [-0.2, 0) is 9.53 Å². The number of amides is 2. The normalized spacial score (nSPS) is 10.3. The summed E-state index contributed by atoms with van der Waals surface area (Å²) in [5, 5.41) is 18.1. The summed E-state index contributed by atoms with van der Waals surface area (Å²) in [5.74, 6) is -0.743. The van der Waals surface area contributed by atoms with E-state index in [0.717, 1.165) is 5.56 Å². The number of esters is 1. The van der Waals surface area contributed by atoms with Gasteiger partial charge >= 0.3 is 5.97 Å². The molecular formula is C24H23N3O7S. The first-order valence-corrected chi connectivity index (χ1v) is 11.5. The number of benzene rings is 2. The maximum atomic E-state index is 12.7. The number of nitrogens with one attached hydrogen (secondary N) is 2. The summed E-state index contributed by atoms with van der Waals surface area (Å²) in [6.45, 7) is 1.91. The van der Waals surface area contributed by atoms with Gasteiger partial charge in [-0.2, -0.15) is 0 Å². The van der Waals surface area contributed by atoms with E-state index in [-0.39, 0.29) is 36.4 Å².